The molecule has 1 saturated heterocycles. The molecule has 106 valence electrons. The fourth-order valence-electron chi connectivity index (χ4n) is 3.16. The van der Waals surface area contributed by atoms with E-state index >= 15 is 0 Å². The van der Waals surface area contributed by atoms with Crippen LogP contribution >= 0.6 is 0 Å². The van der Waals surface area contributed by atoms with Crippen LogP contribution in [-0.2, 0) is 4.74 Å². The number of hydrogen-bond acceptors (Lipinski definition) is 3. The summed E-state index contributed by atoms with van der Waals surface area (Å²) in [6.45, 7) is 6.24. The van der Waals surface area contributed by atoms with Gasteiger partial charge in [-0.3, -0.25) is 4.98 Å². The molecule has 3 nitrogen and oxygen atoms in total. The highest BCUT2D eigenvalue weighted by Gasteiger charge is 2.33. The Morgan fingerprint density at radius 2 is 2.25 bits per heavy atom. The number of hydrogen-bond donors (Lipinski definition) is 1. The predicted molar refractivity (Wildman–Crippen MR) is 81.7 cm³/mol. The second kappa shape index (κ2) is 5.90. The molecule has 0 aliphatic carbocycles. The van der Waals surface area contributed by atoms with Gasteiger partial charge in [-0.1, -0.05) is 32.0 Å². The van der Waals surface area contributed by atoms with Gasteiger partial charge in [-0.2, -0.15) is 0 Å². The van der Waals surface area contributed by atoms with Gasteiger partial charge in [0.25, 0.3) is 0 Å². The van der Waals surface area contributed by atoms with E-state index in [0.29, 0.717) is 5.92 Å². The molecule has 0 radical (unpaired) electrons. The molecule has 0 saturated carbocycles. The van der Waals surface area contributed by atoms with Gasteiger partial charge >= 0.3 is 0 Å². The molecule has 1 aromatic heterocycles. The van der Waals surface area contributed by atoms with Gasteiger partial charge in [0.05, 0.1) is 17.7 Å². The fraction of sp³-hybridized carbons (Fsp3) is 0.471. The molecule has 1 fully saturated rings. The molecule has 1 aliphatic heterocycles. The maximum atomic E-state index is 6.00. The predicted octanol–water partition coefficient (Wildman–Crippen LogP) is 3.31. The second-order valence-electron chi connectivity index (χ2n) is 5.55. The third kappa shape index (κ3) is 2.43. The Balaban J connectivity index is 2.05. The zero-order valence-corrected chi connectivity index (χ0v) is 12.2. The lowest BCUT2D eigenvalue weighted by atomic mass is 9.90. The number of fused-ring (bicyclic) bond motifs is 1. The molecule has 3 heteroatoms. The molecule has 0 amide bonds. The third-order valence-corrected chi connectivity index (χ3v) is 4.21. The van der Waals surface area contributed by atoms with Crippen molar-refractivity contribution >= 4 is 10.9 Å². The molecule has 1 aromatic carbocycles. The molecule has 0 bridgehead atoms. The quantitative estimate of drug-likeness (QED) is 0.925. The summed E-state index contributed by atoms with van der Waals surface area (Å²) in [5, 5.41) is 4.84. The van der Waals surface area contributed by atoms with E-state index in [2.05, 4.69) is 48.4 Å². The van der Waals surface area contributed by atoms with Gasteiger partial charge in [0, 0.05) is 18.2 Å². The number of nitrogens with zero attached hydrogens (tertiary/aromatic N) is 1. The molecule has 2 heterocycles. The summed E-state index contributed by atoms with van der Waals surface area (Å²) in [5.74, 6) is 0.589. The highest BCUT2D eigenvalue weighted by Crippen LogP contribution is 2.34. The van der Waals surface area contributed by atoms with Crippen molar-refractivity contribution in [1.29, 1.82) is 0 Å². The SMILES string of the molecule is CCNC(c1cccc2ncccc12)C1OCCC1C. The molecule has 20 heavy (non-hydrogen) atoms. The first-order valence-electron chi connectivity index (χ1n) is 7.50. The van der Waals surface area contributed by atoms with Crippen molar-refractivity contribution in [2.75, 3.05) is 13.2 Å². The maximum Gasteiger partial charge on any atom is 0.0796 e. The molecular weight excluding hydrogens is 248 g/mol. The molecule has 1 N–H and O–H groups in total. The number of likely N-dealkylation sites (N-methyl/N-ethyl adjacent to an activating group) is 1. The fourth-order valence-corrected chi connectivity index (χ4v) is 3.16. The first-order chi connectivity index (χ1) is 9.81. The lowest BCUT2D eigenvalue weighted by Gasteiger charge is -2.28. The lowest BCUT2D eigenvalue weighted by Crippen LogP contribution is -2.34. The zero-order valence-electron chi connectivity index (χ0n) is 12.2. The topological polar surface area (TPSA) is 34.2 Å². The summed E-state index contributed by atoms with van der Waals surface area (Å²) in [4.78, 5) is 4.46. The Kier molecular flexibility index (Phi) is 3.99. The van der Waals surface area contributed by atoms with Crippen LogP contribution < -0.4 is 5.32 Å². The number of aromatic nitrogens is 1. The van der Waals surface area contributed by atoms with Crippen LogP contribution in [0.3, 0.4) is 0 Å². The van der Waals surface area contributed by atoms with E-state index in [-0.39, 0.29) is 12.1 Å². The number of benzene rings is 1. The summed E-state index contributed by atoms with van der Waals surface area (Å²) in [5.41, 5.74) is 2.36. The largest absolute Gasteiger partial charge is 0.376 e. The van der Waals surface area contributed by atoms with Crippen molar-refractivity contribution in [2.45, 2.75) is 32.4 Å². The highest BCUT2D eigenvalue weighted by molar-refractivity contribution is 5.82. The van der Waals surface area contributed by atoms with Gasteiger partial charge in [-0.25, -0.2) is 0 Å². The van der Waals surface area contributed by atoms with E-state index < -0.39 is 0 Å². The van der Waals surface area contributed by atoms with Crippen LogP contribution in [0.15, 0.2) is 36.5 Å². The summed E-state index contributed by atoms with van der Waals surface area (Å²) >= 11 is 0. The van der Waals surface area contributed by atoms with Gasteiger partial charge in [0.2, 0.25) is 0 Å². The first-order valence-corrected chi connectivity index (χ1v) is 7.50. The Bertz CT molecular complexity index is 579. The summed E-state index contributed by atoms with van der Waals surface area (Å²) in [7, 11) is 0. The average molecular weight is 270 g/mol. The molecule has 3 atom stereocenters. The van der Waals surface area contributed by atoms with Crippen LogP contribution in [-0.4, -0.2) is 24.2 Å². The van der Waals surface area contributed by atoms with E-state index in [1.54, 1.807) is 0 Å². The molecule has 2 aromatic rings. The van der Waals surface area contributed by atoms with Crippen LogP contribution in [0.4, 0.5) is 0 Å². The van der Waals surface area contributed by atoms with E-state index in [1.165, 1.54) is 10.9 Å². The maximum absolute atomic E-state index is 6.00. The van der Waals surface area contributed by atoms with Crippen molar-refractivity contribution < 1.29 is 4.74 Å². The minimum Gasteiger partial charge on any atom is -0.376 e. The van der Waals surface area contributed by atoms with Crippen molar-refractivity contribution in [3.05, 3.63) is 42.1 Å². The second-order valence-corrected chi connectivity index (χ2v) is 5.55. The highest BCUT2D eigenvalue weighted by atomic mass is 16.5. The van der Waals surface area contributed by atoms with Crippen molar-refractivity contribution in [1.82, 2.24) is 10.3 Å². The average Bonchev–Trinajstić information content (AvgIpc) is 2.90. The smallest absolute Gasteiger partial charge is 0.0796 e. The van der Waals surface area contributed by atoms with Gasteiger partial charge in [0.1, 0.15) is 0 Å². The number of rotatable bonds is 4. The monoisotopic (exact) mass is 270 g/mol. The zero-order chi connectivity index (χ0) is 13.9. The van der Waals surface area contributed by atoms with Crippen molar-refractivity contribution in [3.8, 4) is 0 Å². The Morgan fingerprint density at radius 3 is 3.00 bits per heavy atom. The molecule has 3 rings (SSSR count). The van der Waals surface area contributed by atoms with Crippen LogP contribution in [0.5, 0.6) is 0 Å². The van der Waals surface area contributed by atoms with Gasteiger partial charge in [0.15, 0.2) is 0 Å². The van der Waals surface area contributed by atoms with Crippen LogP contribution in [0.1, 0.15) is 31.9 Å². The summed E-state index contributed by atoms with van der Waals surface area (Å²) < 4.78 is 6.00. The third-order valence-electron chi connectivity index (χ3n) is 4.21. The van der Waals surface area contributed by atoms with Crippen LogP contribution in [0.25, 0.3) is 10.9 Å². The van der Waals surface area contributed by atoms with E-state index in [9.17, 15) is 0 Å². The summed E-state index contributed by atoms with van der Waals surface area (Å²) in [6.07, 6.45) is 3.25. The van der Waals surface area contributed by atoms with Crippen LogP contribution in [0, 0.1) is 5.92 Å². The van der Waals surface area contributed by atoms with Crippen molar-refractivity contribution in [2.24, 2.45) is 5.92 Å². The minimum atomic E-state index is 0.241. The van der Waals surface area contributed by atoms with E-state index in [4.69, 9.17) is 4.74 Å². The molecule has 1 aliphatic rings. The van der Waals surface area contributed by atoms with E-state index in [1.807, 2.05) is 12.3 Å². The number of nitrogens with one attached hydrogen (secondary N) is 1. The van der Waals surface area contributed by atoms with Crippen molar-refractivity contribution in [3.63, 3.8) is 0 Å². The Hall–Kier alpha value is -1.45. The standard InChI is InChI=1S/C17H22N2O/c1-3-18-16(17-12(2)9-11-20-17)14-6-4-8-15-13(14)7-5-10-19-15/h4-8,10,12,16-18H,3,9,11H2,1-2H3. The number of pyridine rings is 1. The molecule has 3 unspecified atom stereocenters. The summed E-state index contributed by atoms with van der Waals surface area (Å²) in [6, 6.07) is 10.8. The van der Waals surface area contributed by atoms with E-state index in [0.717, 1.165) is 25.1 Å². The van der Waals surface area contributed by atoms with Gasteiger partial charge < -0.3 is 10.1 Å². The Labute approximate surface area is 120 Å². The normalized spacial score (nSPS) is 24.1. The van der Waals surface area contributed by atoms with Gasteiger partial charge in [-0.15, -0.1) is 0 Å². The van der Waals surface area contributed by atoms with Crippen LogP contribution in [0.2, 0.25) is 0 Å². The van der Waals surface area contributed by atoms with Gasteiger partial charge in [-0.05, 0) is 36.6 Å². The molecule has 0 spiro atoms. The Morgan fingerprint density at radius 1 is 1.35 bits per heavy atom. The first kappa shape index (κ1) is 13.5. The lowest BCUT2D eigenvalue weighted by molar-refractivity contribution is 0.0616. The molecular formula is C17H22N2O. The minimum absolute atomic E-state index is 0.241. The number of ether oxygens (including phenoxy) is 1.